The Hall–Kier alpha value is -6.56. The largest absolute Gasteiger partial charge is 0.394 e. The highest BCUT2D eigenvalue weighted by atomic mass is 16.7. The molecule has 640 valence electrons. The number of ether oxygens (including phenoxy) is 12. The van der Waals surface area contributed by atoms with E-state index in [1.165, 1.54) is 20.8 Å². The molecule has 8 rings (SSSR count). The van der Waals surface area contributed by atoms with E-state index in [2.05, 4.69) is 62.1 Å². The summed E-state index contributed by atoms with van der Waals surface area (Å²) in [5, 5.41) is 166. The second kappa shape index (κ2) is 45.8. The summed E-state index contributed by atoms with van der Waals surface area (Å²) in [7, 11) is 0. The second-order valence-corrected chi connectivity index (χ2v) is 29.0. The van der Waals surface area contributed by atoms with Gasteiger partial charge in [0.15, 0.2) is 36.8 Å². The lowest BCUT2D eigenvalue weighted by molar-refractivity contribution is -0.284. The minimum absolute atomic E-state index is 0.0218. The Morgan fingerprint density at radius 1 is 0.442 bits per heavy atom. The molecule has 113 heavy (non-hydrogen) atoms. The first-order chi connectivity index (χ1) is 54.1. The predicted octanol–water partition coefficient (Wildman–Crippen LogP) is -8.05. The maximum atomic E-state index is 15.0. The molecule has 8 heterocycles. The number of nitrogens with one attached hydrogen (secondary N) is 3. The predicted molar refractivity (Wildman–Crippen MR) is 383 cm³/mol. The summed E-state index contributed by atoms with van der Waals surface area (Å²) in [6, 6.07) is -4.17. The number of nitrogens with zero attached hydrogens (tertiary/aromatic N) is 14. The van der Waals surface area contributed by atoms with Gasteiger partial charge in [0.25, 0.3) is 0 Å². The number of Topliss-reactive ketones (excluding diaryl/α,β-unsaturated/α-hetero) is 1. The third kappa shape index (κ3) is 27.5. The summed E-state index contributed by atoms with van der Waals surface area (Å²) in [5.74, 6) is -1.83. The zero-order valence-electron chi connectivity index (χ0n) is 64.7. The van der Waals surface area contributed by atoms with Crippen LogP contribution in [0.2, 0.25) is 0 Å². The van der Waals surface area contributed by atoms with Gasteiger partial charge in [-0.3, -0.25) is 24.1 Å². The average molecular weight is 1620 g/mol. The van der Waals surface area contributed by atoms with Crippen LogP contribution in [0.1, 0.15) is 84.8 Å². The van der Waals surface area contributed by atoms with Crippen LogP contribution in [0.4, 0.5) is 5.82 Å². The fourth-order valence-corrected chi connectivity index (χ4v) is 13.1. The molecule has 4 aromatic rings. The van der Waals surface area contributed by atoms with E-state index in [9.17, 15) is 75.7 Å². The molecule has 0 aromatic carbocycles. The minimum Gasteiger partial charge on any atom is -0.394 e. The van der Waals surface area contributed by atoms with E-state index in [1.807, 2.05) is 25.7 Å². The van der Waals surface area contributed by atoms with Crippen LogP contribution < -0.4 is 20.9 Å². The number of aliphatic hydroxyl groups excluding tert-OH is 12. The number of amides is 3. The molecule has 0 unspecified atom stereocenters. The van der Waals surface area contributed by atoms with Crippen molar-refractivity contribution in [1.82, 2.24) is 80.8 Å². The van der Waals surface area contributed by atoms with Crippen molar-refractivity contribution in [2.24, 2.45) is 11.3 Å². The molecule has 4 aliphatic heterocycles. The van der Waals surface area contributed by atoms with E-state index < -0.39 is 178 Å². The molecule has 4 saturated heterocycles. The lowest BCUT2D eigenvalue weighted by Crippen LogP contribution is -2.64. The molecule has 15 N–H and O–H groups in total. The first-order valence-electron chi connectivity index (χ1n) is 37.8. The zero-order valence-corrected chi connectivity index (χ0v) is 64.7. The summed E-state index contributed by atoms with van der Waals surface area (Å²) in [6.45, 7) is 11.5. The lowest BCUT2D eigenvalue weighted by Gasteiger charge is -2.42. The van der Waals surface area contributed by atoms with E-state index in [-0.39, 0.29) is 131 Å². The first-order valence-corrected chi connectivity index (χ1v) is 37.8. The van der Waals surface area contributed by atoms with E-state index in [0.717, 1.165) is 0 Å². The highest BCUT2D eigenvalue weighted by Gasteiger charge is 2.49. The normalized spacial score (nSPS) is 28.5. The van der Waals surface area contributed by atoms with E-state index in [4.69, 9.17) is 56.8 Å². The monoisotopic (exact) mass is 1620 g/mol. The SMILES string of the molecule is CC(=O)N[C@H]1[C@H](OCCOCCn2cc(CN(CCCC[C@@H](C(=O)C(C)(C)C)N(Cc3cn(CCOCCO[C@@H]4O[C@H](CO)[C@H](O)[C@H](O)[C@H]4C)nn3)c3cn(CCOCCO[C@@H]4O[C@H](CO)[C@H](O)[C@H](O)[C@H]4NC(C)=O)nn3)Cc3cn(CCOCCO[C@@H]4O[C@H](CO)[C@H](O)[C@H](O)[C@H]4NC(C)=O)nn3)nn2)O[C@H](CO)[C@H](O)[C@@H]1O. The van der Waals surface area contributed by atoms with Gasteiger partial charge in [-0.25, -0.2) is 18.7 Å². The number of hydrogen-bond donors (Lipinski definition) is 15. The molecule has 0 spiro atoms. The van der Waals surface area contributed by atoms with Crippen LogP contribution in [0.5, 0.6) is 0 Å². The number of aliphatic hydroxyl groups is 12. The number of rotatable bonds is 49. The third-order valence-electron chi connectivity index (χ3n) is 19.1. The molecule has 4 aliphatic rings. The topological polar surface area (TPSA) is 587 Å². The van der Waals surface area contributed by atoms with Gasteiger partial charge in [0.1, 0.15) is 91.0 Å². The molecular weight excluding hydrogens is 1500 g/mol. The molecule has 21 atom stereocenters. The highest BCUT2D eigenvalue weighted by molar-refractivity contribution is 5.91. The second-order valence-electron chi connectivity index (χ2n) is 29.0. The number of anilines is 1. The van der Waals surface area contributed by atoms with Gasteiger partial charge in [0.05, 0.1) is 174 Å². The minimum atomic E-state index is -1.49. The van der Waals surface area contributed by atoms with Gasteiger partial charge in [-0.05, 0) is 25.8 Å². The van der Waals surface area contributed by atoms with Gasteiger partial charge in [0, 0.05) is 57.6 Å². The third-order valence-corrected chi connectivity index (χ3v) is 19.1. The molecule has 3 amide bonds. The van der Waals surface area contributed by atoms with Crippen molar-refractivity contribution in [2.45, 2.75) is 236 Å². The Morgan fingerprint density at radius 3 is 1.12 bits per heavy atom. The number of hydrogen-bond acceptors (Lipinski definition) is 38. The van der Waals surface area contributed by atoms with Crippen LogP contribution in [-0.4, -0.2) is 384 Å². The Labute approximate surface area is 651 Å². The number of ketones is 1. The van der Waals surface area contributed by atoms with Gasteiger partial charge in [-0.1, -0.05) is 48.5 Å². The summed E-state index contributed by atoms with van der Waals surface area (Å²) in [6.07, 6.45) is -11.9. The molecule has 45 heteroatoms. The number of carbonyl (C=O) groups excluding carboxylic acids is 4. The Morgan fingerprint density at radius 2 is 0.770 bits per heavy atom. The lowest BCUT2D eigenvalue weighted by atomic mass is 9.84. The van der Waals surface area contributed by atoms with Gasteiger partial charge < -0.3 is 139 Å². The van der Waals surface area contributed by atoms with Crippen molar-refractivity contribution >= 4 is 29.3 Å². The van der Waals surface area contributed by atoms with Crippen LogP contribution >= 0.6 is 0 Å². The fraction of sp³-hybridized carbons (Fsp3) is 0.824. The van der Waals surface area contributed by atoms with E-state index >= 15 is 4.79 Å². The maximum Gasteiger partial charge on any atom is 0.217 e. The highest BCUT2D eigenvalue weighted by Crippen LogP contribution is 2.31. The quantitative estimate of drug-likeness (QED) is 0.0183. The van der Waals surface area contributed by atoms with Crippen LogP contribution in [0.3, 0.4) is 0 Å². The van der Waals surface area contributed by atoms with Gasteiger partial charge in [-0.15, -0.1) is 20.4 Å². The number of unbranched alkanes of at least 4 members (excludes halogenated alkanes) is 1. The zero-order chi connectivity index (χ0) is 81.9. The number of aromatic nitrogens is 12. The molecule has 0 aliphatic carbocycles. The van der Waals surface area contributed by atoms with Crippen LogP contribution in [0.25, 0.3) is 0 Å². The van der Waals surface area contributed by atoms with Crippen LogP contribution in [0.15, 0.2) is 24.8 Å². The van der Waals surface area contributed by atoms with Gasteiger partial charge in [-0.2, -0.15) is 0 Å². The Bertz CT molecular complexity index is 3340. The van der Waals surface area contributed by atoms with Crippen molar-refractivity contribution in [3.8, 4) is 0 Å². The summed E-state index contributed by atoms with van der Waals surface area (Å²) >= 11 is 0. The van der Waals surface area contributed by atoms with Gasteiger partial charge in [0.2, 0.25) is 17.7 Å². The molecule has 45 nitrogen and oxygen atoms in total. The molecule has 0 saturated carbocycles. The first kappa shape index (κ1) is 92.0. The van der Waals surface area contributed by atoms with E-state index in [0.29, 0.717) is 48.7 Å². The number of carbonyl (C=O) groups is 4. The van der Waals surface area contributed by atoms with Crippen LogP contribution in [0, 0.1) is 11.3 Å². The van der Waals surface area contributed by atoms with E-state index in [1.54, 1.807) is 50.4 Å². The molecule has 4 fully saturated rings. The molecule has 0 radical (unpaired) electrons. The smallest absolute Gasteiger partial charge is 0.217 e. The fourth-order valence-electron chi connectivity index (χ4n) is 13.1. The maximum absolute atomic E-state index is 15.0. The molecule has 4 aromatic heterocycles. The summed E-state index contributed by atoms with van der Waals surface area (Å²) in [4.78, 5) is 54.8. The molecule has 0 bridgehead atoms. The Kier molecular flexibility index (Phi) is 37.3. The summed E-state index contributed by atoms with van der Waals surface area (Å²) < 4.78 is 75.5. The van der Waals surface area contributed by atoms with Crippen LogP contribution in [-0.2, 0) is 122 Å². The van der Waals surface area contributed by atoms with Crippen molar-refractivity contribution in [3.63, 3.8) is 0 Å². The van der Waals surface area contributed by atoms with Crippen molar-refractivity contribution < 1.29 is 137 Å². The summed E-state index contributed by atoms with van der Waals surface area (Å²) in [5.41, 5.74) is 0.811. The Balaban J connectivity index is 0.926. The van der Waals surface area contributed by atoms with Gasteiger partial charge >= 0.3 is 0 Å². The standard InChI is InChI=1S/C68H115N17O28/c1-39-55(93)56(94)47(35-86)110-64(39)106-24-20-102-18-14-83-32-45(74-78-83)33-85(51-34-84(79-75-51)15-19-105-23-27-109-67-54(71-42(4)92)62(100)59(97)50(38-89)113-67)46(63(101)68(5,6)7)10-8-9-11-80(28-43-30-81(76-72-43)12-16-103-21-25-107-65-52(69-40(2)90)60(98)57(95)48(36-87)111-65)29-44-31-82(77-73-44)13-17-104-22-26-108-66-53(70-41(3)91)61(99)58(96)49(37-88)112-66/h30-32,34,39,46-50,52-62,64-67,86-89,93-100H,8-29,33,35-38H2,1-7H3,(H,69,90)(H,70,91)(H,71,92)/t39-,46+,47-,48-,49-,50-,52-,53-,54-,55-,56+,57+,58+,59+,60-,61-,62-,64-,65-,66-,67-/m1/s1. The van der Waals surface area contributed by atoms with Crippen molar-refractivity contribution in [2.75, 3.05) is 117 Å². The average Bonchev–Trinajstić information content (AvgIpc) is 1.79. The molecular formula is C68H115N17O28. The van der Waals surface area contributed by atoms with Crippen molar-refractivity contribution in [3.05, 3.63) is 41.9 Å². The van der Waals surface area contributed by atoms with Crippen molar-refractivity contribution in [1.29, 1.82) is 0 Å².